The number of nitrogens with zero attached hydrogens (tertiary/aromatic N) is 1. The minimum Gasteiger partial charge on any atom is -0.478 e. The lowest BCUT2D eigenvalue weighted by Crippen LogP contribution is -2.17. The van der Waals surface area contributed by atoms with Crippen LogP contribution in [0.15, 0.2) is 42.5 Å². The predicted octanol–water partition coefficient (Wildman–Crippen LogP) is 3.81. The molecule has 0 atom stereocenters. The molecule has 0 aliphatic heterocycles. The van der Waals surface area contributed by atoms with Crippen LogP contribution in [0.5, 0.6) is 0 Å². The van der Waals surface area contributed by atoms with Crippen LogP contribution in [0.3, 0.4) is 0 Å². The lowest BCUT2D eigenvalue weighted by molar-refractivity contribution is 0.0692. The van der Waals surface area contributed by atoms with Crippen molar-refractivity contribution in [2.45, 2.75) is 6.54 Å². The van der Waals surface area contributed by atoms with Gasteiger partial charge in [0, 0.05) is 24.3 Å². The van der Waals surface area contributed by atoms with E-state index in [4.69, 9.17) is 16.7 Å². The van der Waals surface area contributed by atoms with E-state index in [1.165, 1.54) is 12.1 Å². The van der Waals surface area contributed by atoms with Crippen molar-refractivity contribution >= 4 is 23.3 Å². The fraction of sp³-hybridized carbons (Fsp3) is 0.133. The number of rotatable bonds is 4. The first-order valence-corrected chi connectivity index (χ1v) is 6.34. The van der Waals surface area contributed by atoms with Crippen molar-refractivity contribution in [1.29, 1.82) is 0 Å². The summed E-state index contributed by atoms with van der Waals surface area (Å²) in [5, 5.41) is 9.44. The summed E-state index contributed by atoms with van der Waals surface area (Å²) in [6.45, 7) is 0.505. The Balaban J connectivity index is 2.22. The van der Waals surface area contributed by atoms with Crippen LogP contribution in [0.25, 0.3) is 0 Å². The molecule has 1 N–H and O–H groups in total. The van der Waals surface area contributed by atoms with Crippen LogP contribution in [0.2, 0.25) is 5.02 Å². The van der Waals surface area contributed by atoms with E-state index in [9.17, 15) is 9.18 Å². The van der Waals surface area contributed by atoms with Crippen molar-refractivity contribution in [3.8, 4) is 0 Å². The lowest BCUT2D eigenvalue weighted by Gasteiger charge is -2.20. The second kappa shape index (κ2) is 5.92. The van der Waals surface area contributed by atoms with E-state index in [1.807, 2.05) is 18.2 Å². The third-order valence-electron chi connectivity index (χ3n) is 2.99. The molecule has 0 aliphatic carbocycles. The molecule has 0 saturated carbocycles. The summed E-state index contributed by atoms with van der Waals surface area (Å²) in [7, 11) is 1.79. The van der Waals surface area contributed by atoms with E-state index < -0.39 is 11.8 Å². The van der Waals surface area contributed by atoms with E-state index in [-0.39, 0.29) is 5.56 Å². The number of carboxylic acids is 1. The van der Waals surface area contributed by atoms with Gasteiger partial charge in [0.2, 0.25) is 0 Å². The standard InChI is InChI=1S/C15H13ClFNO2/c1-18(9-10-4-2-3-5-13(10)16)11-6-7-12(15(19)20)14(17)8-11/h2-8H,9H2,1H3,(H,19,20). The van der Waals surface area contributed by atoms with E-state index in [0.717, 1.165) is 5.56 Å². The average Bonchev–Trinajstić information content (AvgIpc) is 2.40. The Hall–Kier alpha value is -2.07. The van der Waals surface area contributed by atoms with Gasteiger partial charge in [0.15, 0.2) is 0 Å². The van der Waals surface area contributed by atoms with Gasteiger partial charge in [-0.05, 0) is 29.8 Å². The van der Waals surface area contributed by atoms with E-state index >= 15 is 0 Å². The molecular formula is C15H13ClFNO2. The summed E-state index contributed by atoms with van der Waals surface area (Å²) >= 11 is 6.08. The smallest absolute Gasteiger partial charge is 0.338 e. The molecule has 0 aliphatic rings. The summed E-state index contributed by atoms with van der Waals surface area (Å²) in [6.07, 6.45) is 0. The maximum Gasteiger partial charge on any atom is 0.338 e. The van der Waals surface area contributed by atoms with Crippen molar-refractivity contribution in [3.05, 3.63) is 64.4 Å². The molecule has 0 bridgehead atoms. The largest absolute Gasteiger partial charge is 0.478 e. The number of hydrogen-bond donors (Lipinski definition) is 1. The number of benzene rings is 2. The Bertz CT molecular complexity index is 646. The number of halogens is 2. The van der Waals surface area contributed by atoms with E-state index in [0.29, 0.717) is 17.3 Å². The van der Waals surface area contributed by atoms with Gasteiger partial charge in [-0.25, -0.2) is 9.18 Å². The summed E-state index contributed by atoms with van der Waals surface area (Å²) in [5.41, 5.74) is 1.17. The second-order valence-corrected chi connectivity index (χ2v) is 4.82. The second-order valence-electron chi connectivity index (χ2n) is 4.42. The minimum atomic E-state index is -1.28. The monoisotopic (exact) mass is 293 g/mol. The zero-order valence-electron chi connectivity index (χ0n) is 10.8. The molecule has 0 heterocycles. The molecule has 2 aromatic carbocycles. The van der Waals surface area contributed by atoms with Gasteiger partial charge < -0.3 is 10.0 Å². The van der Waals surface area contributed by atoms with Crippen LogP contribution in [0.4, 0.5) is 10.1 Å². The molecule has 0 spiro atoms. The zero-order valence-corrected chi connectivity index (χ0v) is 11.6. The molecule has 104 valence electrons. The summed E-state index contributed by atoms with van der Waals surface area (Å²) in [6, 6.07) is 11.4. The Labute approximate surface area is 121 Å². The van der Waals surface area contributed by atoms with Crippen LogP contribution < -0.4 is 4.90 Å². The van der Waals surface area contributed by atoms with Crippen molar-refractivity contribution < 1.29 is 14.3 Å². The van der Waals surface area contributed by atoms with Crippen molar-refractivity contribution in [2.24, 2.45) is 0 Å². The van der Waals surface area contributed by atoms with Gasteiger partial charge in [-0.1, -0.05) is 29.8 Å². The molecule has 5 heteroatoms. The molecule has 2 rings (SSSR count). The van der Waals surface area contributed by atoms with E-state index in [2.05, 4.69) is 0 Å². The van der Waals surface area contributed by atoms with Crippen LogP contribution in [0.1, 0.15) is 15.9 Å². The van der Waals surface area contributed by atoms with Gasteiger partial charge in [0.05, 0.1) is 5.56 Å². The third-order valence-corrected chi connectivity index (χ3v) is 3.36. The third kappa shape index (κ3) is 3.08. The summed E-state index contributed by atoms with van der Waals surface area (Å²) in [5.74, 6) is -2.02. The Morgan fingerprint density at radius 2 is 2.00 bits per heavy atom. The first-order chi connectivity index (χ1) is 9.49. The van der Waals surface area contributed by atoms with E-state index in [1.54, 1.807) is 24.1 Å². The highest BCUT2D eigenvalue weighted by atomic mass is 35.5. The first kappa shape index (κ1) is 14.3. The maximum absolute atomic E-state index is 13.6. The fourth-order valence-electron chi connectivity index (χ4n) is 1.89. The quantitative estimate of drug-likeness (QED) is 0.932. The zero-order chi connectivity index (χ0) is 14.7. The minimum absolute atomic E-state index is 0.333. The molecule has 0 radical (unpaired) electrons. The SMILES string of the molecule is CN(Cc1ccccc1Cl)c1ccc(C(=O)O)c(F)c1. The van der Waals surface area contributed by atoms with Gasteiger partial charge >= 0.3 is 5.97 Å². The highest BCUT2D eigenvalue weighted by molar-refractivity contribution is 6.31. The van der Waals surface area contributed by atoms with Crippen molar-refractivity contribution in [1.82, 2.24) is 0 Å². The van der Waals surface area contributed by atoms with Crippen LogP contribution in [-0.4, -0.2) is 18.1 Å². The number of carbonyl (C=O) groups is 1. The van der Waals surface area contributed by atoms with Gasteiger partial charge in [-0.2, -0.15) is 0 Å². The molecule has 3 nitrogen and oxygen atoms in total. The maximum atomic E-state index is 13.6. The van der Waals surface area contributed by atoms with Gasteiger partial charge in [0.25, 0.3) is 0 Å². The van der Waals surface area contributed by atoms with Crippen LogP contribution in [0, 0.1) is 5.82 Å². The van der Waals surface area contributed by atoms with Crippen LogP contribution in [-0.2, 0) is 6.54 Å². The topological polar surface area (TPSA) is 40.5 Å². The molecular weight excluding hydrogens is 281 g/mol. The Kier molecular flexibility index (Phi) is 4.25. The Morgan fingerprint density at radius 3 is 2.60 bits per heavy atom. The number of hydrogen-bond acceptors (Lipinski definition) is 2. The normalized spacial score (nSPS) is 10.3. The Morgan fingerprint density at radius 1 is 1.30 bits per heavy atom. The molecule has 0 saturated heterocycles. The highest BCUT2D eigenvalue weighted by Crippen LogP contribution is 2.22. The summed E-state index contributed by atoms with van der Waals surface area (Å²) in [4.78, 5) is 12.6. The average molecular weight is 294 g/mol. The molecule has 0 fully saturated rings. The number of aromatic carboxylic acids is 1. The molecule has 0 aromatic heterocycles. The number of carboxylic acid groups (broad SMARTS) is 1. The van der Waals surface area contributed by atoms with Gasteiger partial charge in [-0.15, -0.1) is 0 Å². The molecule has 20 heavy (non-hydrogen) atoms. The molecule has 0 amide bonds. The van der Waals surface area contributed by atoms with Gasteiger partial charge in [0.1, 0.15) is 5.82 Å². The highest BCUT2D eigenvalue weighted by Gasteiger charge is 2.12. The fourth-order valence-corrected chi connectivity index (χ4v) is 2.08. The van der Waals surface area contributed by atoms with Crippen LogP contribution >= 0.6 is 11.6 Å². The van der Waals surface area contributed by atoms with Crippen molar-refractivity contribution in [2.75, 3.05) is 11.9 Å². The summed E-state index contributed by atoms with van der Waals surface area (Å²) < 4.78 is 13.6. The molecule has 2 aromatic rings. The lowest BCUT2D eigenvalue weighted by atomic mass is 10.1. The van der Waals surface area contributed by atoms with Gasteiger partial charge in [-0.3, -0.25) is 0 Å². The first-order valence-electron chi connectivity index (χ1n) is 5.96. The van der Waals surface area contributed by atoms with Crippen molar-refractivity contribution in [3.63, 3.8) is 0 Å². The number of anilines is 1. The molecule has 0 unspecified atom stereocenters. The predicted molar refractivity (Wildman–Crippen MR) is 76.9 cm³/mol.